The zero-order chi connectivity index (χ0) is 37.8. The van der Waals surface area contributed by atoms with Gasteiger partial charge in [0.1, 0.15) is 17.5 Å². The Kier molecular flexibility index (Phi) is 13.1. The number of carbonyl (C=O) groups is 2. The van der Waals surface area contributed by atoms with E-state index in [-0.39, 0.29) is 30.1 Å². The van der Waals surface area contributed by atoms with Gasteiger partial charge in [0.25, 0.3) is 0 Å². The van der Waals surface area contributed by atoms with Crippen LogP contribution in [0.2, 0.25) is 0 Å². The van der Waals surface area contributed by atoms with Gasteiger partial charge in [-0.2, -0.15) is 0 Å². The van der Waals surface area contributed by atoms with Crippen LogP contribution in [-0.4, -0.2) is 37.7 Å². The van der Waals surface area contributed by atoms with E-state index in [9.17, 15) is 9.59 Å². The largest absolute Gasteiger partial charge is 0.497 e. The lowest BCUT2D eigenvalue weighted by molar-refractivity contribution is -0.128. The van der Waals surface area contributed by atoms with E-state index in [1.165, 1.54) is 0 Å². The van der Waals surface area contributed by atoms with Gasteiger partial charge in [-0.1, -0.05) is 133 Å². The lowest BCUT2D eigenvalue weighted by atomic mass is 9.68. The van der Waals surface area contributed by atoms with Crippen molar-refractivity contribution in [3.63, 3.8) is 0 Å². The van der Waals surface area contributed by atoms with Crippen molar-refractivity contribution in [1.29, 1.82) is 0 Å². The highest BCUT2D eigenvalue weighted by atomic mass is 16.5. The molecule has 1 aliphatic carbocycles. The SMILES string of the molecule is C=C(C)C[C@@H](/C=C/C(=O)C[C@@H]1[C@H](COC(c2ccccc2)(c2ccccc2)c2ccccc2)C[C@@H]1OC(=O)c1ccccc1)OCc1ccc(OC)cc1. The Morgan fingerprint density at radius 1 is 0.778 bits per heavy atom. The van der Waals surface area contributed by atoms with Crippen LogP contribution in [0, 0.1) is 11.8 Å². The van der Waals surface area contributed by atoms with Crippen molar-refractivity contribution >= 4 is 11.8 Å². The molecule has 6 nitrogen and oxygen atoms in total. The van der Waals surface area contributed by atoms with E-state index in [2.05, 4.69) is 43.0 Å². The quantitative estimate of drug-likeness (QED) is 0.0389. The molecule has 0 saturated heterocycles. The summed E-state index contributed by atoms with van der Waals surface area (Å²) in [7, 11) is 1.64. The Hall–Kier alpha value is -5.56. The van der Waals surface area contributed by atoms with Gasteiger partial charge in [0.05, 0.1) is 32.0 Å². The summed E-state index contributed by atoms with van der Waals surface area (Å²) in [6.07, 6.45) is 4.03. The molecule has 54 heavy (non-hydrogen) atoms. The third kappa shape index (κ3) is 9.51. The molecule has 0 unspecified atom stereocenters. The second-order valence-corrected chi connectivity index (χ2v) is 13.9. The summed E-state index contributed by atoms with van der Waals surface area (Å²) in [5.74, 6) is 0.0407. The minimum atomic E-state index is -0.902. The first-order valence-electron chi connectivity index (χ1n) is 18.5. The summed E-state index contributed by atoms with van der Waals surface area (Å²) < 4.78 is 24.7. The first kappa shape index (κ1) is 38.2. The molecule has 1 fully saturated rings. The first-order chi connectivity index (χ1) is 26.4. The molecule has 0 radical (unpaired) electrons. The molecule has 0 heterocycles. The van der Waals surface area contributed by atoms with Crippen LogP contribution in [0.1, 0.15) is 58.8 Å². The molecule has 276 valence electrons. The van der Waals surface area contributed by atoms with Gasteiger partial charge < -0.3 is 18.9 Å². The molecule has 6 rings (SSSR count). The molecule has 5 aromatic carbocycles. The highest BCUT2D eigenvalue weighted by Crippen LogP contribution is 2.45. The molecule has 1 saturated carbocycles. The summed E-state index contributed by atoms with van der Waals surface area (Å²) >= 11 is 0. The van der Waals surface area contributed by atoms with Crippen molar-refractivity contribution in [3.05, 3.63) is 198 Å². The maximum atomic E-state index is 13.7. The van der Waals surface area contributed by atoms with E-state index in [1.807, 2.05) is 110 Å². The Balaban J connectivity index is 1.22. The monoisotopic (exact) mass is 720 g/mol. The molecule has 0 bridgehead atoms. The van der Waals surface area contributed by atoms with Crippen molar-refractivity contribution < 1.29 is 28.5 Å². The van der Waals surface area contributed by atoms with Crippen molar-refractivity contribution in [2.45, 2.75) is 50.6 Å². The number of allylic oxidation sites excluding steroid dienone is 1. The molecule has 0 aromatic heterocycles. The van der Waals surface area contributed by atoms with Gasteiger partial charge in [0, 0.05) is 12.3 Å². The molecule has 0 aliphatic heterocycles. The zero-order valence-corrected chi connectivity index (χ0v) is 31.0. The third-order valence-electron chi connectivity index (χ3n) is 10.0. The number of esters is 1. The van der Waals surface area contributed by atoms with Gasteiger partial charge in [-0.3, -0.25) is 4.79 Å². The number of hydrogen-bond donors (Lipinski definition) is 0. The highest BCUT2D eigenvalue weighted by molar-refractivity contribution is 5.91. The number of benzene rings is 5. The smallest absolute Gasteiger partial charge is 0.338 e. The van der Waals surface area contributed by atoms with E-state index in [1.54, 1.807) is 25.3 Å². The maximum absolute atomic E-state index is 13.7. The third-order valence-corrected chi connectivity index (χ3v) is 10.0. The number of methoxy groups -OCH3 is 1. The molecule has 0 N–H and O–H groups in total. The van der Waals surface area contributed by atoms with E-state index >= 15 is 0 Å². The topological polar surface area (TPSA) is 71.1 Å². The predicted octanol–water partition coefficient (Wildman–Crippen LogP) is 9.93. The fourth-order valence-electron chi connectivity index (χ4n) is 7.13. The highest BCUT2D eigenvalue weighted by Gasteiger charge is 2.47. The van der Waals surface area contributed by atoms with E-state index < -0.39 is 17.7 Å². The lowest BCUT2D eigenvalue weighted by Gasteiger charge is -2.45. The fourth-order valence-corrected chi connectivity index (χ4v) is 7.13. The van der Waals surface area contributed by atoms with Crippen LogP contribution >= 0.6 is 0 Å². The van der Waals surface area contributed by atoms with Gasteiger partial charge in [-0.15, -0.1) is 6.58 Å². The van der Waals surface area contributed by atoms with Gasteiger partial charge in [0.2, 0.25) is 0 Å². The summed E-state index contributed by atoms with van der Waals surface area (Å²) in [6.45, 7) is 6.75. The van der Waals surface area contributed by atoms with Crippen LogP contribution in [0.5, 0.6) is 5.75 Å². The Morgan fingerprint density at radius 2 is 1.31 bits per heavy atom. The summed E-state index contributed by atoms with van der Waals surface area (Å²) in [5.41, 5.74) is 4.54. The summed E-state index contributed by atoms with van der Waals surface area (Å²) in [4.78, 5) is 27.0. The summed E-state index contributed by atoms with van der Waals surface area (Å²) in [5, 5.41) is 0. The van der Waals surface area contributed by atoms with Crippen LogP contribution in [0.15, 0.2) is 170 Å². The number of ketones is 1. The van der Waals surface area contributed by atoms with Crippen LogP contribution < -0.4 is 4.74 Å². The van der Waals surface area contributed by atoms with E-state index in [0.29, 0.717) is 31.6 Å². The predicted molar refractivity (Wildman–Crippen MR) is 212 cm³/mol. The lowest BCUT2D eigenvalue weighted by Crippen LogP contribution is -2.48. The molecule has 1 aliphatic rings. The molecule has 6 heteroatoms. The van der Waals surface area contributed by atoms with Crippen LogP contribution in [0.3, 0.4) is 0 Å². The summed E-state index contributed by atoms with van der Waals surface area (Å²) in [6, 6.07) is 47.4. The second kappa shape index (κ2) is 18.5. The fraction of sp³-hybridized carbons (Fsp3) is 0.250. The van der Waals surface area contributed by atoms with E-state index in [4.69, 9.17) is 18.9 Å². The van der Waals surface area contributed by atoms with Crippen molar-refractivity contribution in [2.75, 3.05) is 13.7 Å². The Morgan fingerprint density at radius 3 is 1.83 bits per heavy atom. The molecule has 0 spiro atoms. The van der Waals surface area contributed by atoms with Gasteiger partial charge in [-0.25, -0.2) is 4.79 Å². The minimum Gasteiger partial charge on any atom is -0.497 e. The van der Waals surface area contributed by atoms with Crippen molar-refractivity contribution in [3.8, 4) is 5.75 Å². The van der Waals surface area contributed by atoms with Crippen molar-refractivity contribution in [1.82, 2.24) is 0 Å². The van der Waals surface area contributed by atoms with Crippen LogP contribution in [0.4, 0.5) is 0 Å². The van der Waals surface area contributed by atoms with Gasteiger partial charge in [0.15, 0.2) is 5.78 Å². The average Bonchev–Trinajstić information content (AvgIpc) is 3.21. The molecule has 5 aromatic rings. The second-order valence-electron chi connectivity index (χ2n) is 13.9. The number of rotatable bonds is 18. The van der Waals surface area contributed by atoms with E-state index in [0.717, 1.165) is 33.6 Å². The molecular formula is C48H48O6. The maximum Gasteiger partial charge on any atom is 0.338 e. The standard InChI is InChI=1S/C48H48O6/c1-35(2)30-44(52-33-36-24-27-43(51-3)28-25-36)29-26-42(49)32-45-38(31-46(45)54-47(50)37-16-8-4-9-17-37)34-53-48(39-18-10-5-11-19-39,40-20-12-6-13-21-40)41-22-14-7-15-23-41/h4-29,38,44-46H,1,30-34H2,2-3H3/b29-26+/t38-,44+,45+,46-/m0/s1. The minimum absolute atomic E-state index is 0.0380. The first-order valence-corrected chi connectivity index (χ1v) is 18.5. The Bertz CT molecular complexity index is 1880. The van der Waals surface area contributed by atoms with Gasteiger partial charge >= 0.3 is 5.97 Å². The van der Waals surface area contributed by atoms with Gasteiger partial charge in [-0.05, 0) is 78.3 Å². The Labute approximate surface area is 319 Å². The number of ether oxygens (including phenoxy) is 4. The van der Waals surface area contributed by atoms with Crippen LogP contribution in [-0.2, 0) is 31.2 Å². The van der Waals surface area contributed by atoms with Crippen molar-refractivity contribution in [2.24, 2.45) is 11.8 Å². The number of carbonyl (C=O) groups excluding carboxylic acids is 2. The van der Waals surface area contributed by atoms with Crippen LogP contribution in [0.25, 0.3) is 0 Å². The average molecular weight is 721 g/mol. The number of hydrogen-bond acceptors (Lipinski definition) is 6. The molecule has 0 amide bonds. The molecular weight excluding hydrogens is 673 g/mol. The molecule has 4 atom stereocenters. The normalized spacial score (nSPS) is 17.3. The zero-order valence-electron chi connectivity index (χ0n) is 31.0.